The number of ketones is 1. The molecule has 5 rings (SSSR count). The van der Waals surface area contributed by atoms with Gasteiger partial charge in [-0.2, -0.15) is 0 Å². The zero-order chi connectivity index (χ0) is 21.9. The predicted octanol–water partition coefficient (Wildman–Crippen LogP) is 6.64. The Labute approximate surface area is 193 Å². The first-order chi connectivity index (χ1) is 14.8. The summed E-state index contributed by atoms with van der Waals surface area (Å²) in [5.74, 6) is 2.50. The van der Waals surface area contributed by atoms with Crippen LogP contribution in [0.1, 0.15) is 68.2 Å². The van der Waals surface area contributed by atoms with E-state index in [4.69, 9.17) is 9.73 Å². The number of hydrogen-bond donors (Lipinski definition) is 0. The average Bonchev–Trinajstić information content (AvgIpc) is 3.04. The smallest absolute Gasteiger partial charge is 0.194 e. The van der Waals surface area contributed by atoms with Crippen LogP contribution in [0.25, 0.3) is 0 Å². The maximum atomic E-state index is 13.6. The average molecular weight is 480 g/mol. The van der Waals surface area contributed by atoms with Crippen molar-refractivity contribution in [3.63, 3.8) is 0 Å². The molecule has 31 heavy (non-hydrogen) atoms. The third-order valence-corrected chi connectivity index (χ3v) is 8.68. The van der Waals surface area contributed by atoms with Crippen molar-refractivity contribution in [2.45, 2.75) is 65.5 Å². The first kappa shape index (κ1) is 20.9. The molecule has 3 nitrogen and oxygen atoms in total. The highest BCUT2D eigenvalue weighted by Gasteiger charge is 2.52. The highest BCUT2D eigenvalue weighted by atomic mass is 79.9. The Morgan fingerprint density at radius 3 is 2.71 bits per heavy atom. The Morgan fingerprint density at radius 1 is 1.26 bits per heavy atom. The van der Waals surface area contributed by atoms with E-state index in [1.54, 1.807) is 0 Å². The first-order valence-electron chi connectivity index (χ1n) is 11.4. The topological polar surface area (TPSA) is 38.7 Å². The van der Waals surface area contributed by atoms with E-state index in [0.29, 0.717) is 36.3 Å². The molecule has 1 fully saturated rings. The molecule has 3 aliphatic rings. The summed E-state index contributed by atoms with van der Waals surface area (Å²) < 4.78 is 7.44. The molecule has 0 saturated heterocycles. The molecule has 1 aliphatic heterocycles. The van der Waals surface area contributed by atoms with Gasteiger partial charge in [-0.3, -0.25) is 4.79 Å². The molecule has 0 amide bonds. The second-order valence-electron chi connectivity index (χ2n) is 10.2. The monoisotopic (exact) mass is 479 g/mol. The molecule has 162 valence electrons. The minimum atomic E-state index is -0.383. The standard InChI is InChI=1S/C27H30BrNO2/c1-15(2)18-10-11-27(4)14-20(30)25-22-19(23(18)27)12-16(3)24(28)26(22)31-21(29-25)13-17-8-6-5-7-9-17/h5-9,12,15,18,21,23H,10-11,13-14H2,1-4H3/t18-,21-,23-,27+/m1/s1. The second kappa shape index (κ2) is 7.58. The van der Waals surface area contributed by atoms with Gasteiger partial charge in [0.15, 0.2) is 12.0 Å². The normalized spacial score (nSPS) is 29.2. The number of aliphatic imine (C=N–C) groups is 1. The molecule has 2 aliphatic carbocycles. The van der Waals surface area contributed by atoms with Gasteiger partial charge in [-0.15, -0.1) is 0 Å². The number of benzene rings is 2. The number of ether oxygens (including phenoxy) is 1. The van der Waals surface area contributed by atoms with Crippen molar-refractivity contribution >= 4 is 27.4 Å². The molecule has 0 radical (unpaired) electrons. The summed E-state index contributed by atoms with van der Waals surface area (Å²) in [5, 5.41) is 0. The largest absolute Gasteiger partial charge is 0.466 e. The van der Waals surface area contributed by atoms with Crippen LogP contribution in [0.15, 0.2) is 45.9 Å². The van der Waals surface area contributed by atoms with E-state index in [2.05, 4.69) is 61.8 Å². The zero-order valence-corrected chi connectivity index (χ0v) is 20.3. The Balaban J connectivity index is 1.68. The van der Waals surface area contributed by atoms with Crippen LogP contribution in [0.5, 0.6) is 5.75 Å². The fraction of sp³-hybridized carbons (Fsp3) is 0.481. The van der Waals surface area contributed by atoms with Crippen LogP contribution >= 0.6 is 15.9 Å². The summed E-state index contributed by atoms with van der Waals surface area (Å²) in [6.45, 7) is 9.10. The van der Waals surface area contributed by atoms with Crippen molar-refractivity contribution in [2.24, 2.45) is 22.2 Å². The van der Waals surface area contributed by atoms with Gasteiger partial charge in [0.2, 0.25) is 0 Å². The van der Waals surface area contributed by atoms with E-state index >= 15 is 0 Å². The van der Waals surface area contributed by atoms with Crippen molar-refractivity contribution in [3.05, 3.63) is 63.1 Å². The molecule has 4 heteroatoms. The summed E-state index contributed by atoms with van der Waals surface area (Å²) in [5.41, 5.74) is 5.17. The quantitative estimate of drug-likeness (QED) is 0.494. The molecule has 0 unspecified atom stereocenters. The number of aryl methyl sites for hydroxylation is 1. The second-order valence-corrected chi connectivity index (χ2v) is 11.0. The van der Waals surface area contributed by atoms with E-state index in [-0.39, 0.29) is 17.4 Å². The molecular weight excluding hydrogens is 450 g/mol. The number of halogens is 1. The van der Waals surface area contributed by atoms with Crippen LogP contribution in [0, 0.1) is 24.2 Å². The van der Waals surface area contributed by atoms with Crippen LogP contribution in [0.3, 0.4) is 0 Å². The molecule has 1 heterocycles. The van der Waals surface area contributed by atoms with Crippen LogP contribution < -0.4 is 4.74 Å². The lowest BCUT2D eigenvalue weighted by Gasteiger charge is -2.35. The van der Waals surface area contributed by atoms with Gasteiger partial charge >= 0.3 is 0 Å². The van der Waals surface area contributed by atoms with E-state index in [1.807, 2.05) is 18.2 Å². The van der Waals surface area contributed by atoms with Gasteiger partial charge in [-0.25, -0.2) is 4.99 Å². The van der Waals surface area contributed by atoms with Gasteiger partial charge in [-0.1, -0.05) is 57.2 Å². The Hall–Kier alpha value is -1.94. The summed E-state index contributed by atoms with van der Waals surface area (Å²) in [4.78, 5) is 18.5. The van der Waals surface area contributed by atoms with Gasteiger partial charge < -0.3 is 4.74 Å². The lowest BCUT2D eigenvalue weighted by molar-refractivity contribution is -0.115. The number of carbonyl (C=O) groups is 1. The maximum Gasteiger partial charge on any atom is 0.194 e. The van der Waals surface area contributed by atoms with E-state index in [0.717, 1.165) is 27.8 Å². The molecule has 2 aromatic rings. The van der Waals surface area contributed by atoms with Gasteiger partial charge in [0.1, 0.15) is 11.5 Å². The van der Waals surface area contributed by atoms with Gasteiger partial charge in [0.25, 0.3) is 0 Å². The van der Waals surface area contributed by atoms with Gasteiger partial charge in [0, 0.05) is 12.8 Å². The SMILES string of the molecule is Cc1cc2c3c(c1Br)O[C@H](Cc1ccccc1)N=C3C(=O)C[C@]1(C)CC[C@H](C(C)C)[C@H]21. The summed E-state index contributed by atoms with van der Waals surface area (Å²) in [7, 11) is 0. The fourth-order valence-electron chi connectivity index (χ4n) is 6.18. The van der Waals surface area contributed by atoms with Crippen molar-refractivity contribution < 1.29 is 9.53 Å². The van der Waals surface area contributed by atoms with Gasteiger partial charge in [-0.05, 0) is 75.6 Å². The van der Waals surface area contributed by atoms with E-state index in [1.165, 1.54) is 17.5 Å². The van der Waals surface area contributed by atoms with Crippen LogP contribution in [-0.4, -0.2) is 17.7 Å². The highest BCUT2D eigenvalue weighted by molar-refractivity contribution is 9.10. The predicted molar refractivity (Wildman–Crippen MR) is 128 cm³/mol. The number of hydrogen-bond acceptors (Lipinski definition) is 3. The Morgan fingerprint density at radius 2 is 2.00 bits per heavy atom. The minimum absolute atomic E-state index is 0.0190. The molecule has 0 N–H and O–H groups in total. The third-order valence-electron chi connectivity index (χ3n) is 7.70. The minimum Gasteiger partial charge on any atom is -0.466 e. The summed E-state index contributed by atoms with van der Waals surface area (Å²) in [6, 6.07) is 12.5. The Bertz CT molecular complexity index is 1070. The summed E-state index contributed by atoms with van der Waals surface area (Å²) >= 11 is 3.78. The van der Waals surface area contributed by atoms with Crippen molar-refractivity contribution in [1.29, 1.82) is 0 Å². The first-order valence-corrected chi connectivity index (χ1v) is 12.2. The number of rotatable bonds is 3. The lowest BCUT2D eigenvalue weighted by atomic mass is 9.69. The molecular formula is C27H30BrNO2. The lowest BCUT2D eigenvalue weighted by Crippen LogP contribution is -2.30. The molecule has 0 aromatic heterocycles. The fourth-order valence-corrected chi connectivity index (χ4v) is 6.59. The van der Waals surface area contributed by atoms with Crippen molar-refractivity contribution in [2.75, 3.05) is 0 Å². The van der Waals surface area contributed by atoms with Crippen molar-refractivity contribution in [1.82, 2.24) is 0 Å². The van der Waals surface area contributed by atoms with Crippen LogP contribution in [-0.2, 0) is 11.2 Å². The molecule has 2 aromatic carbocycles. The van der Waals surface area contributed by atoms with Crippen LogP contribution in [0.2, 0.25) is 0 Å². The maximum absolute atomic E-state index is 13.6. The van der Waals surface area contributed by atoms with Gasteiger partial charge in [0.05, 0.1) is 10.0 Å². The number of Topliss-reactive ketones (excluding diaryl/α,β-unsaturated/α-hetero) is 1. The highest BCUT2D eigenvalue weighted by Crippen LogP contribution is 2.60. The number of fused-ring (bicyclic) bond motifs is 2. The number of carbonyl (C=O) groups excluding carboxylic acids is 1. The Kier molecular flexibility index (Phi) is 5.12. The summed E-state index contributed by atoms with van der Waals surface area (Å²) in [6.07, 6.45) is 3.12. The molecule has 4 atom stereocenters. The third kappa shape index (κ3) is 3.38. The van der Waals surface area contributed by atoms with E-state index in [9.17, 15) is 4.79 Å². The molecule has 0 spiro atoms. The van der Waals surface area contributed by atoms with Crippen molar-refractivity contribution in [3.8, 4) is 5.75 Å². The van der Waals surface area contributed by atoms with E-state index < -0.39 is 0 Å². The molecule has 0 bridgehead atoms. The van der Waals surface area contributed by atoms with Crippen LogP contribution in [0.4, 0.5) is 0 Å². The number of nitrogens with zero attached hydrogens (tertiary/aromatic N) is 1. The zero-order valence-electron chi connectivity index (χ0n) is 18.7. The molecule has 1 saturated carbocycles.